The van der Waals surface area contributed by atoms with Gasteiger partial charge in [-0.15, -0.1) is 0 Å². The molecule has 0 aromatic heterocycles. The minimum Gasteiger partial charge on any atom is -0.508 e. The number of aromatic carboxylic acids is 1. The molecule has 0 aliphatic rings. The van der Waals surface area contributed by atoms with Gasteiger partial charge in [-0.3, -0.25) is 4.79 Å². The van der Waals surface area contributed by atoms with Crippen LogP contribution in [0.5, 0.6) is 5.75 Å². The third-order valence-electron chi connectivity index (χ3n) is 3.57. The van der Waals surface area contributed by atoms with Crippen LogP contribution in [0, 0.1) is 0 Å². The molecule has 24 heavy (non-hydrogen) atoms. The second-order valence-electron chi connectivity index (χ2n) is 5.69. The van der Waals surface area contributed by atoms with Gasteiger partial charge in [0, 0.05) is 12.1 Å². The molecule has 0 fully saturated rings. The van der Waals surface area contributed by atoms with Crippen molar-refractivity contribution in [2.24, 2.45) is 0 Å². The van der Waals surface area contributed by atoms with E-state index in [1.807, 2.05) is 7.05 Å². The van der Waals surface area contributed by atoms with Gasteiger partial charge in [0.25, 0.3) is 5.91 Å². The Labute approximate surface area is 142 Å². The van der Waals surface area contributed by atoms with Crippen molar-refractivity contribution in [3.63, 3.8) is 0 Å². The number of nitrogens with zero attached hydrogens (tertiary/aromatic N) is 1. The largest absolute Gasteiger partial charge is 0.508 e. The van der Waals surface area contributed by atoms with Crippen LogP contribution in [0.25, 0.3) is 0 Å². The summed E-state index contributed by atoms with van der Waals surface area (Å²) < 4.78 is 0. The van der Waals surface area contributed by atoms with Gasteiger partial charge in [-0.05, 0) is 64.3 Å². The molecule has 134 valence electrons. The number of carboxylic acids is 1. The highest BCUT2D eigenvalue weighted by Crippen LogP contribution is 2.15. The average molecular weight is 337 g/mol. The van der Waals surface area contributed by atoms with Gasteiger partial charge in [0.2, 0.25) is 0 Å². The number of hydrogen-bond donors (Lipinski definition) is 4. The lowest BCUT2D eigenvalue weighted by atomic mass is 10.1. The number of rotatable bonds is 11. The monoisotopic (exact) mass is 337 g/mol. The molecule has 0 spiro atoms. The van der Waals surface area contributed by atoms with E-state index >= 15 is 0 Å². The van der Waals surface area contributed by atoms with Crippen LogP contribution >= 0.6 is 0 Å². The predicted molar refractivity (Wildman–Crippen MR) is 92.7 cm³/mol. The maximum Gasteiger partial charge on any atom is 0.335 e. The van der Waals surface area contributed by atoms with Crippen molar-refractivity contribution in [2.75, 3.05) is 39.8 Å². The van der Waals surface area contributed by atoms with Crippen LogP contribution < -0.4 is 10.6 Å². The molecule has 1 rings (SSSR count). The lowest BCUT2D eigenvalue weighted by molar-refractivity contribution is 0.0696. The van der Waals surface area contributed by atoms with E-state index in [0.29, 0.717) is 6.54 Å². The van der Waals surface area contributed by atoms with Gasteiger partial charge in [0.1, 0.15) is 5.75 Å². The number of amides is 1. The zero-order valence-electron chi connectivity index (χ0n) is 14.3. The molecule has 0 heterocycles. The summed E-state index contributed by atoms with van der Waals surface area (Å²) in [5.41, 5.74) is 0.0342. The van der Waals surface area contributed by atoms with Crippen molar-refractivity contribution < 1.29 is 19.8 Å². The molecular formula is C17H27N3O4. The van der Waals surface area contributed by atoms with Crippen molar-refractivity contribution in [2.45, 2.75) is 19.8 Å². The maximum atomic E-state index is 12.0. The van der Waals surface area contributed by atoms with E-state index in [1.54, 1.807) is 0 Å². The number of carboxylic acid groups (broad SMARTS) is 1. The molecule has 1 aromatic rings. The Morgan fingerprint density at radius 2 is 1.71 bits per heavy atom. The first-order valence-electron chi connectivity index (χ1n) is 8.18. The molecule has 1 amide bonds. The topological polar surface area (TPSA) is 102 Å². The minimum atomic E-state index is -1.18. The number of carbonyl (C=O) groups excluding carboxylic acids is 1. The molecule has 0 unspecified atom stereocenters. The number of phenols is 1. The molecule has 4 N–H and O–H groups in total. The van der Waals surface area contributed by atoms with Gasteiger partial charge in [-0.25, -0.2) is 4.79 Å². The molecule has 0 aliphatic carbocycles. The smallest absolute Gasteiger partial charge is 0.335 e. The Kier molecular flexibility index (Phi) is 8.81. The van der Waals surface area contributed by atoms with Gasteiger partial charge in [0.05, 0.1) is 5.56 Å². The van der Waals surface area contributed by atoms with E-state index in [9.17, 15) is 14.7 Å². The lowest BCUT2D eigenvalue weighted by Crippen LogP contribution is -2.29. The Hall–Kier alpha value is -2.12. The third-order valence-corrected chi connectivity index (χ3v) is 3.57. The van der Waals surface area contributed by atoms with Crippen LogP contribution in [-0.4, -0.2) is 66.8 Å². The molecule has 0 saturated carbocycles. The van der Waals surface area contributed by atoms with Crippen molar-refractivity contribution in [3.8, 4) is 5.75 Å². The average Bonchev–Trinajstić information content (AvgIpc) is 2.54. The molecule has 0 aliphatic heterocycles. The Morgan fingerprint density at radius 3 is 2.33 bits per heavy atom. The van der Waals surface area contributed by atoms with Crippen molar-refractivity contribution in [1.29, 1.82) is 0 Å². The summed E-state index contributed by atoms with van der Waals surface area (Å²) in [7, 11) is 2.04. The van der Waals surface area contributed by atoms with Crippen LogP contribution in [0.4, 0.5) is 0 Å². The standard InChI is InChI=1S/C17H27N3O4/c1-3-18-6-4-8-20(2)9-5-7-19-16(22)13-10-14(17(23)24)12-15(21)11-13/h10-12,18,21H,3-9H2,1-2H3,(H,19,22)(H,23,24). The number of nitrogens with one attached hydrogen (secondary N) is 2. The van der Waals surface area contributed by atoms with E-state index < -0.39 is 5.97 Å². The van der Waals surface area contributed by atoms with Crippen LogP contribution in [0.15, 0.2) is 18.2 Å². The highest BCUT2D eigenvalue weighted by molar-refractivity contribution is 5.98. The molecular weight excluding hydrogens is 310 g/mol. The zero-order valence-corrected chi connectivity index (χ0v) is 14.3. The van der Waals surface area contributed by atoms with Gasteiger partial charge < -0.3 is 25.7 Å². The summed E-state index contributed by atoms with van der Waals surface area (Å²) in [6.45, 7) is 6.42. The molecule has 0 saturated heterocycles. The Balaban J connectivity index is 2.33. The summed E-state index contributed by atoms with van der Waals surface area (Å²) in [5.74, 6) is -1.80. The molecule has 0 atom stereocenters. The van der Waals surface area contributed by atoms with Crippen molar-refractivity contribution >= 4 is 11.9 Å². The van der Waals surface area contributed by atoms with E-state index in [1.165, 1.54) is 12.1 Å². The van der Waals surface area contributed by atoms with E-state index in [2.05, 4.69) is 22.5 Å². The van der Waals surface area contributed by atoms with Gasteiger partial charge in [-0.2, -0.15) is 0 Å². The summed E-state index contributed by atoms with van der Waals surface area (Å²) >= 11 is 0. The molecule has 7 nitrogen and oxygen atoms in total. The van der Waals surface area contributed by atoms with E-state index in [-0.39, 0.29) is 22.8 Å². The Bertz CT molecular complexity index is 549. The molecule has 1 aromatic carbocycles. The normalized spacial score (nSPS) is 10.8. The molecule has 0 bridgehead atoms. The van der Waals surface area contributed by atoms with E-state index in [4.69, 9.17) is 5.11 Å². The van der Waals surface area contributed by atoms with Crippen molar-refractivity contribution in [3.05, 3.63) is 29.3 Å². The van der Waals surface area contributed by atoms with Crippen LogP contribution in [0.3, 0.4) is 0 Å². The summed E-state index contributed by atoms with van der Waals surface area (Å²) in [4.78, 5) is 25.2. The first-order chi connectivity index (χ1) is 11.4. The SMILES string of the molecule is CCNCCCN(C)CCCNC(=O)c1cc(O)cc(C(=O)O)c1. The second kappa shape index (κ2) is 10.6. The fourth-order valence-electron chi connectivity index (χ4n) is 2.28. The number of aromatic hydroxyl groups is 1. The summed E-state index contributed by atoms with van der Waals surface area (Å²) in [6.07, 6.45) is 1.88. The zero-order chi connectivity index (χ0) is 17.9. The number of phenolic OH excluding ortho intramolecular Hbond substituents is 1. The van der Waals surface area contributed by atoms with Crippen molar-refractivity contribution in [1.82, 2.24) is 15.5 Å². The first-order valence-corrected chi connectivity index (χ1v) is 8.18. The summed E-state index contributed by atoms with van der Waals surface area (Å²) in [6, 6.07) is 3.63. The molecule has 7 heteroatoms. The fourth-order valence-corrected chi connectivity index (χ4v) is 2.28. The quantitative estimate of drug-likeness (QED) is 0.452. The predicted octanol–water partition coefficient (Wildman–Crippen LogP) is 1.14. The van der Waals surface area contributed by atoms with E-state index in [0.717, 1.165) is 45.1 Å². The van der Waals surface area contributed by atoms with Gasteiger partial charge >= 0.3 is 5.97 Å². The van der Waals surface area contributed by atoms with Crippen LogP contribution in [0.2, 0.25) is 0 Å². The molecule has 0 radical (unpaired) electrons. The number of carbonyl (C=O) groups is 2. The highest BCUT2D eigenvalue weighted by atomic mass is 16.4. The fraction of sp³-hybridized carbons (Fsp3) is 0.529. The van der Waals surface area contributed by atoms with Crippen LogP contribution in [-0.2, 0) is 0 Å². The first kappa shape index (κ1) is 19.9. The maximum absolute atomic E-state index is 12.0. The highest BCUT2D eigenvalue weighted by Gasteiger charge is 2.11. The lowest BCUT2D eigenvalue weighted by Gasteiger charge is -2.16. The Morgan fingerprint density at radius 1 is 1.08 bits per heavy atom. The van der Waals surface area contributed by atoms with Gasteiger partial charge in [0.15, 0.2) is 0 Å². The summed E-state index contributed by atoms with van der Waals surface area (Å²) in [5, 5.41) is 24.5. The van der Waals surface area contributed by atoms with Gasteiger partial charge in [-0.1, -0.05) is 6.92 Å². The van der Waals surface area contributed by atoms with Crippen LogP contribution in [0.1, 0.15) is 40.5 Å². The number of hydrogen-bond acceptors (Lipinski definition) is 5. The minimum absolute atomic E-state index is 0.111. The second-order valence-corrected chi connectivity index (χ2v) is 5.69. The number of benzene rings is 1. The third kappa shape index (κ3) is 7.43.